The quantitative estimate of drug-likeness (QED) is 0.502. The van der Waals surface area contributed by atoms with E-state index in [0.29, 0.717) is 0 Å². The Hall–Kier alpha value is -1.08. The van der Waals surface area contributed by atoms with Crippen LogP contribution in [0.1, 0.15) is 27.2 Å². The summed E-state index contributed by atoms with van der Waals surface area (Å²) in [5.41, 5.74) is 0.288. The highest BCUT2D eigenvalue weighted by atomic mass is 16.1. The lowest BCUT2D eigenvalue weighted by atomic mass is 9.92. The number of hydrogen-bond acceptors (Lipinski definition) is 3. The number of nitriles is 1. The highest BCUT2D eigenvalue weighted by Crippen LogP contribution is 2.16. The minimum absolute atomic E-state index is 0.0831. The molecule has 0 saturated heterocycles. The van der Waals surface area contributed by atoms with E-state index in [0.717, 1.165) is 13.0 Å². The maximum absolute atomic E-state index is 11.0. The zero-order valence-electron chi connectivity index (χ0n) is 9.18. The topological polar surface area (TPSA) is 64.9 Å². The van der Waals surface area contributed by atoms with E-state index in [2.05, 4.69) is 31.4 Å². The Bertz CT molecular complexity index is 212. The Morgan fingerprint density at radius 3 is 2.57 bits per heavy atom. The molecule has 0 aromatic heterocycles. The molecule has 0 bridgehead atoms. The Kier molecular flexibility index (Phi) is 5.89. The highest BCUT2D eigenvalue weighted by molar-refractivity contribution is 5.78. The molecule has 0 unspecified atom stereocenters. The number of nitrogens with one attached hydrogen (secondary N) is 2. The third-order valence-electron chi connectivity index (χ3n) is 1.70. The highest BCUT2D eigenvalue weighted by Gasteiger charge is 2.09. The molecule has 0 aliphatic carbocycles. The lowest BCUT2D eigenvalue weighted by Gasteiger charge is -2.17. The molecule has 0 atom stereocenters. The van der Waals surface area contributed by atoms with E-state index in [1.807, 2.05) is 6.07 Å². The van der Waals surface area contributed by atoms with Gasteiger partial charge in [0.05, 0.1) is 12.6 Å². The first-order chi connectivity index (χ1) is 6.45. The number of rotatable bonds is 5. The van der Waals surface area contributed by atoms with E-state index in [4.69, 9.17) is 5.26 Å². The van der Waals surface area contributed by atoms with E-state index in [1.165, 1.54) is 0 Å². The monoisotopic (exact) mass is 197 g/mol. The van der Waals surface area contributed by atoms with Gasteiger partial charge in [-0.2, -0.15) is 5.26 Å². The number of nitrogens with zero attached hydrogens (tertiary/aromatic N) is 1. The Balaban J connectivity index is 3.37. The molecule has 0 heterocycles. The zero-order valence-corrected chi connectivity index (χ0v) is 9.18. The second-order valence-corrected chi connectivity index (χ2v) is 4.42. The number of carbonyl (C=O) groups is 1. The van der Waals surface area contributed by atoms with E-state index in [-0.39, 0.29) is 24.4 Å². The molecule has 0 spiro atoms. The predicted molar refractivity (Wildman–Crippen MR) is 55.6 cm³/mol. The summed E-state index contributed by atoms with van der Waals surface area (Å²) >= 11 is 0. The summed E-state index contributed by atoms with van der Waals surface area (Å²) < 4.78 is 0. The molecule has 0 rings (SSSR count). The molecule has 0 aliphatic rings. The van der Waals surface area contributed by atoms with Crippen LogP contribution in [-0.4, -0.2) is 25.5 Å². The van der Waals surface area contributed by atoms with Crippen LogP contribution in [0.15, 0.2) is 0 Å². The summed E-state index contributed by atoms with van der Waals surface area (Å²) in [5, 5.41) is 13.7. The van der Waals surface area contributed by atoms with Gasteiger partial charge in [-0.3, -0.25) is 4.79 Å². The van der Waals surface area contributed by atoms with Crippen LogP contribution in [-0.2, 0) is 4.79 Å². The molecule has 0 fully saturated rings. The van der Waals surface area contributed by atoms with Crippen molar-refractivity contribution < 1.29 is 4.79 Å². The van der Waals surface area contributed by atoms with Gasteiger partial charge in [0.1, 0.15) is 6.54 Å². The van der Waals surface area contributed by atoms with Crippen molar-refractivity contribution in [1.82, 2.24) is 10.6 Å². The first-order valence-corrected chi connectivity index (χ1v) is 4.80. The van der Waals surface area contributed by atoms with Crippen molar-refractivity contribution in [1.29, 1.82) is 5.26 Å². The summed E-state index contributed by atoms with van der Waals surface area (Å²) in [4.78, 5) is 11.0. The maximum atomic E-state index is 11.0. The summed E-state index contributed by atoms with van der Waals surface area (Å²) in [6, 6.07) is 1.85. The van der Waals surface area contributed by atoms with Gasteiger partial charge in [-0.15, -0.1) is 0 Å². The van der Waals surface area contributed by atoms with Crippen LogP contribution in [0.5, 0.6) is 0 Å². The van der Waals surface area contributed by atoms with Gasteiger partial charge in [-0.25, -0.2) is 0 Å². The van der Waals surface area contributed by atoms with Crippen molar-refractivity contribution >= 4 is 5.91 Å². The van der Waals surface area contributed by atoms with Gasteiger partial charge in [0.25, 0.3) is 0 Å². The van der Waals surface area contributed by atoms with Crippen molar-refractivity contribution in [3.63, 3.8) is 0 Å². The smallest absolute Gasteiger partial charge is 0.234 e. The molecule has 0 aromatic rings. The molecular formula is C10H19N3O. The van der Waals surface area contributed by atoms with Gasteiger partial charge < -0.3 is 10.6 Å². The van der Waals surface area contributed by atoms with Gasteiger partial charge in [0, 0.05) is 0 Å². The fraction of sp³-hybridized carbons (Fsp3) is 0.800. The van der Waals surface area contributed by atoms with Crippen molar-refractivity contribution in [2.45, 2.75) is 27.2 Å². The van der Waals surface area contributed by atoms with Crippen molar-refractivity contribution in [2.24, 2.45) is 5.41 Å². The molecule has 80 valence electrons. The van der Waals surface area contributed by atoms with E-state index in [1.54, 1.807) is 0 Å². The average Bonchev–Trinajstić information content (AvgIpc) is 2.07. The molecule has 4 nitrogen and oxygen atoms in total. The minimum Gasteiger partial charge on any atom is -0.342 e. The number of hydrogen-bond donors (Lipinski definition) is 2. The fourth-order valence-electron chi connectivity index (χ4n) is 0.866. The van der Waals surface area contributed by atoms with Crippen LogP contribution in [0, 0.1) is 16.7 Å². The van der Waals surface area contributed by atoms with E-state index in [9.17, 15) is 4.79 Å². The molecule has 14 heavy (non-hydrogen) atoms. The second kappa shape index (κ2) is 6.39. The predicted octanol–water partition coefficient (Wildman–Crippen LogP) is 0.652. The molecule has 2 N–H and O–H groups in total. The van der Waals surface area contributed by atoms with Gasteiger partial charge in [0.15, 0.2) is 0 Å². The van der Waals surface area contributed by atoms with Crippen LogP contribution in [0.3, 0.4) is 0 Å². The standard InChI is InChI=1S/C10H19N3O/c1-10(2,3)4-6-12-8-9(14)13-7-5-11/h12H,4,6-8H2,1-3H3,(H,13,14). The first kappa shape index (κ1) is 12.9. The van der Waals surface area contributed by atoms with Crippen LogP contribution in [0.4, 0.5) is 0 Å². The number of carbonyl (C=O) groups excluding carboxylic acids is 1. The molecule has 0 aliphatic heterocycles. The fourth-order valence-corrected chi connectivity index (χ4v) is 0.866. The largest absolute Gasteiger partial charge is 0.342 e. The average molecular weight is 197 g/mol. The van der Waals surface area contributed by atoms with E-state index >= 15 is 0 Å². The third-order valence-corrected chi connectivity index (χ3v) is 1.70. The van der Waals surface area contributed by atoms with Crippen LogP contribution in [0.2, 0.25) is 0 Å². The summed E-state index contributed by atoms with van der Waals surface area (Å²) in [7, 11) is 0. The lowest BCUT2D eigenvalue weighted by Crippen LogP contribution is -2.35. The van der Waals surface area contributed by atoms with Crippen molar-refractivity contribution in [2.75, 3.05) is 19.6 Å². The first-order valence-electron chi connectivity index (χ1n) is 4.80. The molecule has 0 radical (unpaired) electrons. The minimum atomic E-state index is -0.125. The van der Waals surface area contributed by atoms with Crippen LogP contribution < -0.4 is 10.6 Å². The Morgan fingerprint density at radius 2 is 2.07 bits per heavy atom. The second-order valence-electron chi connectivity index (χ2n) is 4.42. The maximum Gasteiger partial charge on any atom is 0.234 e. The van der Waals surface area contributed by atoms with E-state index < -0.39 is 0 Å². The van der Waals surface area contributed by atoms with Gasteiger partial charge in [0.2, 0.25) is 5.91 Å². The van der Waals surface area contributed by atoms with Gasteiger partial charge in [-0.05, 0) is 18.4 Å². The molecule has 1 amide bonds. The number of amides is 1. The third kappa shape index (κ3) is 9.01. The molecular weight excluding hydrogens is 178 g/mol. The molecule has 0 saturated carbocycles. The summed E-state index contributed by atoms with van der Waals surface area (Å²) in [5.74, 6) is -0.125. The Morgan fingerprint density at radius 1 is 1.43 bits per heavy atom. The summed E-state index contributed by atoms with van der Waals surface area (Å²) in [6.45, 7) is 7.67. The molecule has 4 heteroatoms. The van der Waals surface area contributed by atoms with Crippen LogP contribution >= 0.6 is 0 Å². The van der Waals surface area contributed by atoms with Gasteiger partial charge >= 0.3 is 0 Å². The normalized spacial score (nSPS) is 10.7. The Labute approximate surface area is 85.7 Å². The van der Waals surface area contributed by atoms with Crippen molar-refractivity contribution in [3.8, 4) is 6.07 Å². The zero-order chi connectivity index (χ0) is 11.0. The lowest BCUT2D eigenvalue weighted by molar-refractivity contribution is -0.120. The van der Waals surface area contributed by atoms with Crippen molar-refractivity contribution in [3.05, 3.63) is 0 Å². The molecule has 0 aromatic carbocycles. The van der Waals surface area contributed by atoms with Gasteiger partial charge in [-0.1, -0.05) is 20.8 Å². The van der Waals surface area contributed by atoms with Crippen LogP contribution in [0.25, 0.3) is 0 Å². The summed E-state index contributed by atoms with van der Waals surface area (Å²) in [6.07, 6.45) is 1.03. The SMILES string of the molecule is CC(C)(C)CCNCC(=O)NCC#N.